The number of hydrogen-bond acceptors (Lipinski definition) is 5. The second-order valence-corrected chi connectivity index (χ2v) is 7.13. The average molecular weight is 364 g/mol. The molecule has 0 bridgehead atoms. The van der Waals surface area contributed by atoms with Crippen molar-refractivity contribution < 1.29 is 4.79 Å². The summed E-state index contributed by atoms with van der Waals surface area (Å²) < 4.78 is 1.69. The van der Waals surface area contributed by atoms with E-state index in [4.69, 9.17) is 0 Å². The quantitative estimate of drug-likeness (QED) is 0.710. The minimum absolute atomic E-state index is 0.131. The maximum absolute atomic E-state index is 12.8. The van der Waals surface area contributed by atoms with Gasteiger partial charge in [0, 0.05) is 19.6 Å². The third-order valence-corrected chi connectivity index (χ3v) is 5.27. The fourth-order valence-corrected chi connectivity index (χ4v) is 3.47. The molecule has 0 aliphatic carbocycles. The number of carbonyl (C=O) groups excluding carboxylic acids is 1. The van der Waals surface area contributed by atoms with Crippen molar-refractivity contribution in [3.63, 3.8) is 0 Å². The molecular formula is C20H24N6O. The molecule has 1 amide bonds. The van der Waals surface area contributed by atoms with E-state index in [0.717, 1.165) is 24.3 Å². The summed E-state index contributed by atoms with van der Waals surface area (Å²) in [5.74, 6) is 0.131. The van der Waals surface area contributed by atoms with Crippen molar-refractivity contribution in [3.05, 3.63) is 53.0 Å². The van der Waals surface area contributed by atoms with E-state index in [-0.39, 0.29) is 5.91 Å². The van der Waals surface area contributed by atoms with E-state index in [1.807, 2.05) is 11.0 Å². The number of benzene rings is 1. The molecule has 3 heterocycles. The second kappa shape index (κ2) is 6.98. The van der Waals surface area contributed by atoms with Gasteiger partial charge in [-0.15, -0.1) is 10.2 Å². The Kier molecular flexibility index (Phi) is 4.51. The van der Waals surface area contributed by atoms with Crippen LogP contribution < -0.4 is 4.90 Å². The van der Waals surface area contributed by atoms with Crippen LogP contribution >= 0.6 is 0 Å². The lowest BCUT2D eigenvalue weighted by Crippen LogP contribution is -2.50. The molecule has 1 aromatic carbocycles. The molecular weight excluding hydrogens is 340 g/mol. The molecule has 7 nitrogen and oxygen atoms in total. The molecule has 2 aromatic heterocycles. The van der Waals surface area contributed by atoms with Gasteiger partial charge >= 0.3 is 0 Å². The first-order chi connectivity index (χ1) is 13.0. The van der Waals surface area contributed by atoms with E-state index in [2.05, 4.69) is 59.2 Å². The molecule has 0 atom stereocenters. The highest BCUT2D eigenvalue weighted by atomic mass is 16.2. The van der Waals surface area contributed by atoms with Crippen LogP contribution in [0.5, 0.6) is 0 Å². The number of carbonyl (C=O) groups is 1. The van der Waals surface area contributed by atoms with Crippen LogP contribution in [0, 0.1) is 13.8 Å². The highest BCUT2D eigenvalue weighted by Crippen LogP contribution is 2.23. The third-order valence-electron chi connectivity index (χ3n) is 5.27. The van der Waals surface area contributed by atoms with E-state index >= 15 is 0 Å². The van der Waals surface area contributed by atoms with Gasteiger partial charge in [-0.3, -0.25) is 4.79 Å². The van der Waals surface area contributed by atoms with Gasteiger partial charge in [-0.25, -0.2) is 0 Å². The molecule has 0 radical (unpaired) electrons. The number of nitrogens with zero attached hydrogens (tertiary/aromatic N) is 6. The Morgan fingerprint density at radius 2 is 1.96 bits per heavy atom. The summed E-state index contributed by atoms with van der Waals surface area (Å²) in [5.41, 5.74) is 6.30. The summed E-state index contributed by atoms with van der Waals surface area (Å²) in [6.45, 7) is 8.74. The monoisotopic (exact) mass is 364 g/mol. The fraction of sp³-hybridized carbons (Fsp3) is 0.400. The van der Waals surface area contributed by atoms with Crippen molar-refractivity contribution in [3.8, 4) is 0 Å². The summed E-state index contributed by atoms with van der Waals surface area (Å²) >= 11 is 0. The van der Waals surface area contributed by atoms with E-state index in [0.29, 0.717) is 25.3 Å². The van der Waals surface area contributed by atoms with E-state index < -0.39 is 0 Å². The molecule has 27 heavy (non-hydrogen) atoms. The fourth-order valence-electron chi connectivity index (χ4n) is 3.47. The van der Waals surface area contributed by atoms with Crippen molar-refractivity contribution in [2.75, 3.05) is 24.5 Å². The lowest BCUT2D eigenvalue weighted by atomic mass is 10.1. The van der Waals surface area contributed by atoms with Gasteiger partial charge in [0.1, 0.15) is 6.33 Å². The smallest absolute Gasteiger partial charge is 0.242 e. The summed E-state index contributed by atoms with van der Waals surface area (Å²) in [4.78, 5) is 16.8. The predicted molar refractivity (Wildman–Crippen MR) is 104 cm³/mol. The molecule has 1 fully saturated rings. The lowest BCUT2D eigenvalue weighted by Gasteiger charge is -2.35. The Morgan fingerprint density at radius 1 is 1.11 bits per heavy atom. The molecule has 1 saturated heterocycles. The molecule has 7 heteroatoms. The van der Waals surface area contributed by atoms with Crippen molar-refractivity contribution in [1.82, 2.24) is 24.7 Å². The maximum Gasteiger partial charge on any atom is 0.242 e. The lowest BCUT2D eigenvalue weighted by molar-refractivity contribution is -0.131. The molecule has 140 valence electrons. The van der Waals surface area contributed by atoms with Crippen LogP contribution in [0.15, 0.2) is 30.6 Å². The van der Waals surface area contributed by atoms with Gasteiger partial charge in [-0.1, -0.05) is 25.1 Å². The van der Waals surface area contributed by atoms with Crippen LogP contribution in [0.1, 0.15) is 29.3 Å². The minimum atomic E-state index is 0.131. The number of rotatable bonds is 4. The highest BCUT2D eigenvalue weighted by Gasteiger charge is 2.26. The molecule has 3 aromatic rings. The topological polar surface area (TPSA) is 66.6 Å². The Hall–Kier alpha value is -2.96. The van der Waals surface area contributed by atoms with Crippen molar-refractivity contribution in [2.24, 2.45) is 0 Å². The summed E-state index contributed by atoms with van der Waals surface area (Å²) in [6, 6.07) is 8.43. The predicted octanol–water partition coefficient (Wildman–Crippen LogP) is 2.15. The van der Waals surface area contributed by atoms with Gasteiger partial charge < -0.3 is 9.80 Å². The normalized spacial score (nSPS) is 15.0. The van der Waals surface area contributed by atoms with Crippen molar-refractivity contribution in [2.45, 2.75) is 33.7 Å². The number of fused-ring (bicyclic) bond motifs is 1. The first kappa shape index (κ1) is 17.5. The van der Waals surface area contributed by atoms with Gasteiger partial charge in [0.2, 0.25) is 11.6 Å². The first-order valence-electron chi connectivity index (χ1n) is 9.34. The van der Waals surface area contributed by atoms with E-state index in [1.54, 1.807) is 10.8 Å². The largest absolute Gasteiger partial charge is 0.357 e. The molecule has 0 saturated carbocycles. The van der Waals surface area contributed by atoms with Crippen LogP contribution in [0.25, 0.3) is 5.65 Å². The maximum atomic E-state index is 12.8. The molecule has 0 unspecified atom stereocenters. The molecule has 1 aliphatic rings. The third kappa shape index (κ3) is 3.37. The Bertz CT molecular complexity index is 995. The van der Waals surface area contributed by atoms with Crippen molar-refractivity contribution in [1.29, 1.82) is 0 Å². The number of piperazine rings is 1. The first-order valence-corrected chi connectivity index (χ1v) is 9.34. The Balaban J connectivity index is 1.53. The van der Waals surface area contributed by atoms with Crippen LogP contribution in [0.2, 0.25) is 0 Å². The van der Waals surface area contributed by atoms with Gasteiger partial charge in [0.15, 0.2) is 0 Å². The Labute approximate surface area is 158 Å². The molecule has 0 N–H and O–H groups in total. The van der Waals surface area contributed by atoms with Gasteiger partial charge in [-0.2, -0.15) is 9.61 Å². The number of amides is 1. The van der Waals surface area contributed by atoms with Gasteiger partial charge in [-0.05, 0) is 43.0 Å². The van der Waals surface area contributed by atoms with Crippen LogP contribution in [-0.2, 0) is 17.8 Å². The minimum Gasteiger partial charge on any atom is -0.357 e. The molecule has 4 rings (SSSR count). The standard InChI is InChI=1S/C20H24N6O/c1-4-17-10-18(20-22-21-13-26(20)23-17)24-7-8-25(19(27)12-24)11-16-6-5-14(2)15(3)9-16/h5-6,9-10,13H,4,7-8,11-12H2,1-3H3. The number of hydrogen-bond donors (Lipinski definition) is 0. The van der Waals surface area contributed by atoms with Crippen molar-refractivity contribution >= 4 is 17.2 Å². The van der Waals surface area contributed by atoms with E-state index in [9.17, 15) is 4.79 Å². The summed E-state index contributed by atoms with van der Waals surface area (Å²) in [7, 11) is 0. The zero-order valence-electron chi connectivity index (χ0n) is 16.0. The SMILES string of the molecule is CCc1cc(N2CCN(Cc3ccc(C)c(C)c3)C(=O)C2)c2nncn2n1. The zero-order chi connectivity index (χ0) is 19.0. The second-order valence-electron chi connectivity index (χ2n) is 7.13. The number of aryl methyl sites for hydroxylation is 3. The van der Waals surface area contributed by atoms with Crippen LogP contribution in [-0.4, -0.2) is 50.3 Å². The van der Waals surface area contributed by atoms with E-state index in [1.165, 1.54) is 16.7 Å². The highest BCUT2D eigenvalue weighted by molar-refractivity contribution is 5.84. The Morgan fingerprint density at radius 3 is 2.70 bits per heavy atom. The molecule has 1 aliphatic heterocycles. The van der Waals surface area contributed by atoms with Crippen LogP contribution in [0.4, 0.5) is 5.69 Å². The van der Waals surface area contributed by atoms with Gasteiger partial charge in [0.25, 0.3) is 0 Å². The number of aromatic nitrogens is 4. The summed E-state index contributed by atoms with van der Waals surface area (Å²) in [6.07, 6.45) is 2.43. The number of anilines is 1. The summed E-state index contributed by atoms with van der Waals surface area (Å²) in [5, 5.41) is 12.6. The zero-order valence-corrected chi connectivity index (χ0v) is 16.0. The van der Waals surface area contributed by atoms with Gasteiger partial charge in [0.05, 0.1) is 17.9 Å². The average Bonchev–Trinajstić information content (AvgIpc) is 3.14. The van der Waals surface area contributed by atoms with Crippen LogP contribution in [0.3, 0.4) is 0 Å². The molecule has 0 spiro atoms.